The summed E-state index contributed by atoms with van der Waals surface area (Å²) in [5.41, 5.74) is -0.332. The summed E-state index contributed by atoms with van der Waals surface area (Å²) < 4.78 is 40.5. The molecular formula is C31H43ClF3N5O5. The van der Waals surface area contributed by atoms with Crippen LogP contribution in [0.4, 0.5) is 23.7 Å². The Morgan fingerprint density at radius 2 is 1.67 bits per heavy atom. The van der Waals surface area contributed by atoms with Gasteiger partial charge in [-0.25, -0.2) is 22.8 Å². The van der Waals surface area contributed by atoms with Gasteiger partial charge in [0.1, 0.15) is 0 Å². The lowest BCUT2D eigenvalue weighted by Gasteiger charge is -2.48. The maximum Gasteiger partial charge on any atom is 0.340 e. The Bertz CT molecular complexity index is 1290. The van der Waals surface area contributed by atoms with Gasteiger partial charge in [0, 0.05) is 44.1 Å². The normalized spacial score (nSPS) is 23.7. The Morgan fingerprint density at radius 3 is 2.22 bits per heavy atom. The van der Waals surface area contributed by atoms with E-state index in [1.54, 1.807) is 19.1 Å². The third-order valence-electron chi connectivity index (χ3n) is 9.47. The lowest BCUT2D eigenvalue weighted by molar-refractivity contribution is -0.148. The SMILES string of the molecule is CC(C)(F)C(=O)O.Cc1cc(C(=O)N2CCC3(CCN(CC4CCNCC4(F)F)CC3)CC2)cc(N2CCC(=O)NC2=O)c1Cl. The molecule has 0 bridgehead atoms. The number of aliphatic carboxylic acids is 1. The molecule has 0 aliphatic carbocycles. The van der Waals surface area contributed by atoms with Gasteiger partial charge in [-0.3, -0.25) is 19.8 Å². The van der Waals surface area contributed by atoms with Crippen molar-refractivity contribution in [2.45, 2.75) is 70.9 Å². The Labute approximate surface area is 266 Å². The topological polar surface area (TPSA) is 122 Å². The molecule has 1 spiro atoms. The highest BCUT2D eigenvalue weighted by Crippen LogP contribution is 2.42. The predicted octanol–water partition coefficient (Wildman–Crippen LogP) is 4.48. The van der Waals surface area contributed by atoms with Crippen molar-refractivity contribution in [1.82, 2.24) is 20.4 Å². The molecule has 4 heterocycles. The maximum atomic E-state index is 14.3. The minimum atomic E-state index is -2.64. The molecule has 1 atom stereocenters. The van der Waals surface area contributed by atoms with Crippen LogP contribution >= 0.6 is 11.6 Å². The Morgan fingerprint density at radius 1 is 1.07 bits per heavy atom. The summed E-state index contributed by atoms with van der Waals surface area (Å²) in [5.74, 6) is -5.08. The van der Waals surface area contributed by atoms with Gasteiger partial charge in [-0.2, -0.15) is 0 Å². The van der Waals surface area contributed by atoms with Gasteiger partial charge in [-0.1, -0.05) is 11.6 Å². The first kappa shape index (κ1) is 35.0. The number of halogens is 4. The number of hydrogen-bond acceptors (Lipinski definition) is 6. The van der Waals surface area contributed by atoms with Crippen LogP contribution in [-0.2, 0) is 9.59 Å². The summed E-state index contributed by atoms with van der Waals surface area (Å²) in [6, 6.07) is 2.86. The van der Waals surface area contributed by atoms with Crippen molar-refractivity contribution < 1.29 is 37.5 Å². The zero-order valence-electron chi connectivity index (χ0n) is 26.1. The van der Waals surface area contributed by atoms with Gasteiger partial charge in [0.25, 0.3) is 11.8 Å². The Kier molecular flexibility index (Phi) is 10.8. The molecule has 4 amide bonds. The van der Waals surface area contributed by atoms with Crippen LogP contribution in [0.2, 0.25) is 5.02 Å². The summed E-state index contributed by atoms with van der Waals surface area (Å²) in [7, 11) is 0. The summed E-state index contributed by atoms with van der Waals surface area (Å²) in [5, 5.41) is 13.4. The van der Waals surface area contributed by atoms with Crippen LogP contribution in [0.5, 0.6) is 0 Å². The van der Waals surface area contributed by atoms with Crippen LogP contribution < -0.4 is 15.5 Å². The van der Waals surface area contributed by atoms with Crippen LogP contribution in [-0.4, -0.2) is 103 Å². The molecule has 0 saturated carbocycles. The smallest absolute Gasteiger partial charge is 0.340 e. The van der Waals surface area contributed by atoms with E-state index in [1.807, 2.05) is 4.90 Å². The number of piperidine rings is 3. The fourth-order valence-electron chi connectivity index (χ4n) is 6.36. The number of rotatable bonds is 5. The van der Waals surface area contributed by atoms with Crippen LogP contribution in [0.1, 0.15) is 68.3 Å². The van der Waals surface area contributed by atoms with Crippen molar-refractivity contribution in [3.63, 3.8) is 0 Å². The second kappa shape index (κ2) is 13.8. The molecule has 10 nitrogen and oxygen atoms in total. The molecule has 45 heavy (non-hydrogen) atoms. The largest absolute Gasteiger partial charge is 0.479 e. The summed E-state index contributed by atoms with van der Waals surface area (Å²) >= 11 is 6.50. The highest BCUT2D eigenvalue weighted by atomic mass is 35.5. The molecule has 0 aromatic heterocycles. The summed E-state index contributed by atoms with van der Waals surface area (Å²) in [4.78, 5) is 52.5. The van der Waals surface area contributed by atoms with Crippen LogP contribution in [0.3, 0.4) is 0 Å². The van der Waals surface area contributed by atoms with Gasteiger partial charge in [-0.05, 0) is 95.6 Å². The van der Waals surface area contributed by atoms with Gasteiger partial charge < -0.3 is 20.2 Å². The van der Waals surface area contributed by atoms with E-state index in [0.29, 0.717) is 54.4 Å². The average molecular weight is 658 g/mol. The van der Waals surface area contributed by atoms with E-state index in [-0.39, 0.29) is 36.7 Å². The number of amides is 4. The number of aryl methyl sites for hydroxylation is 1. The number of carboxylic acid groups (broad SMARTS) is 1. The number of benzene rings is 1. The van der Waals surface area contributed by atoms with Gasteiger partial charge in [0.05, 0.1) is 17.3 Å². The first-order valence-electron chi connectivity index (χ1n) is 15.5. The van der Waals surface area contributed by atoms with Crippen molar-refractivity contribution in [3.8, 4) is 0 Å². The number of carbonyl (C=O) groups is 4. The fraction of sp³-hybridized carbons (Fsp3) is 0.677. The van der Waals surface area contributed by atoms with Crippen LogP contribution in [0.25, 0.3) is 0 Å². The molecular weight excluding hydrogens is 615 g/mol. The molecule has 3 N–H and O–H groups in total. The molecule has 1 unspecified atom stereocenters. The molecule has 1 aromatic rings. The molecule has 4 fully saturated rings. The minimum absolute atomic E-state index is 0.0973. The number of urea groups is 1. The third-order valence-corrected chi connectivity index (χ3v) is 9.96. The van der Waals surface area contributed by atoms with E-state index >= 15 is 0 Å². The van der Waals surface area contributed by atoms with E-state index in [9.17, 15) is 32.3 Å². The molecule has 5 rings (SSSR count). The van der Waals surface area contributed by atoms with Gasteiger partial charge in [0.2, 0.25) is 11.6 Å². The summed E-state index contributed by atoms with van der Waals surface area (Å²) in [6.45, 7) is 7.82. The molecule has 4 aliphatic rings. The zero-order valence-corrected chi connectivity index (χ0v) is 26.8. The third kappa shape index (κ3) is 8.48. The predicted molar refractivity (Wildman–Crippen MR) is 164 cm³/mol. The van der Waals surface area contributed by atoms with E-state index in [1.165, 1.54) is 4.90 Å². The lowest BCUT2D eigenvalue weighted by atomic mass is 9.71. The van der Waals surface area contributed by atoms with Gasteiger partial charge in [0.15, 0.2) is 0 Å². The molecule has 1 aromatic carbocycles. The highest BCUT2D eigenvalue weighted by Gasteiger charge is 2.44. The van der Waals surface area contributed by atoms with E-state index in [4.69, 9.17) is 16.7 Å². The van der Waals surface area contributed by atoms with E-state index in [2.05, 4.69) is 15.5 Å². The molecule has 4 saturated heterocycles. The number of alkyl halides is 3. The first-order chi connectivity index (χ1) is 21.0. The van der Waals surface area contributed by atoms with E-state index < -0.39 is 29.5 Å². The van der Waals surface area contributed by atoms with Crippen molar-refractivity contribution in [1.29, 1.82) is 0 Å². The van der Waals surface area contributed by atoms with Gasteiger partial charge >= 0.3 is 12.0 Å². The number of imide groups is 1. The second-order valence-corrected chi connectivity index (χ2v) is 13.6. The number of carbonyl (C=O) groups excluding carboxylic acids is 3. The van der Waals surface area contributed by atoms with Crippen molar-refractivity contribution >= 4 is 41.1 Å². The maximum absolute atomic E-state index is 14.3. The standard InChI is InChI=1S/C27H36ClF2N5O3.C4H7FO2/c1-18-14-19(15-21(23(18)28)35-9-3-22(36)32-25(35)38)24(37)34-12-6-26(7-13-34)4-10-33(11-5-26)16-20-2-8-31-17-27(20,29)30;1-4(2,5)3(6)7/h14-15,20,31H,2-13,16-17H2,1H3,(H,32,36,38);1-2H3,(H,6,7). The number of carboxylic acids is 1. The quantitative estimate of drug-likeness (QED) is 0.427. The number of nitrogens with one attached hydrogen (secondary N) is 2. The van der Waals surface area contributed by atoms with Crippen molar-refractivity contribution in [2.75, 3.05) is 57.3 Å². The molecule has 14 heteroatoms. The summed E-state index contributed by atoms with van der Waals surface area (Å²) in [6.07, 6.45) is 4.42. The molecule has 4 aliphatic heterocycles. The minimum Gasteiger partial charge on any atom is -0.479 e. The number of hydrogen-bond donors (Lipinski definition) is 3. The molecule has 0 radical (unpaired) electrons. The monoisotopic (exact) mass is 657 g/mol. The van der Waals surface area contributed by atoms with Crippen LogP contribution in [0, 0.1) is 18.3 Å². The highest BCUT2D eigenvalue weighted by molar-refractivity contribution is 6.35. The van der Waals surface area contributed by atoms with Crippen molar-refractivity contribution in [3.05, 3.63) is 28.3 Å². The fourth-order valence-corrected chi connectivity index (χ4v) is 6.58. The van der Waals surface area contributed by atoms with E-state index in [0.717, 1.165) is 52.6 Å². The number of likely N-dealkylation sites (tertiary alicyclic amines) is 2. The zero-order chi connectivity index (χ0) is 33.2. The van der Waals surface area contributed by atoms with Crippen LogP contribution in [0.15, 0.2) is 12.1 Å². The second-order valence-electron chi connectivity index (χ2n) is 13.2. The number of nitrogens with zero attached hydrogens (tertiary/aromatic N) is 3. The Balaban J connectivity index is 0.000000591. The van der Waals surface area contributed by atoms with Gasteiger partial charge in [-0.15, -0.1) is 0 Å². The van der Waals surface area contributed by atoms with Crippen molar-refractivity contribution in [2.24, 2.45) is 11.3 Å². The Hall–Kier alpha value is -2.90. The first-order valence-corrected chi connectivity index (χ1v) is 15.8. The lowest BCUT2D eigenvalue weighted by Crippen LogP contribution is -2.53. The number of anilines is 1. The molecule has 250 valence electrons. The average Bonchev–Trinajstić information content (AvgIpc) is 2.97.